The largest absolute Gasteiger partial charge is 0.493 e. The smallest absolute Gasteiger partial charge is 0.161 e. The van der Waals surface area contributed by atoms with Crippen LogP contribution in [0.2, 0.25) is 5.02 Å². The van der Waals surface area contributed by atoms with Crippen molar-refractivity contribution in [2.24, 2.45) is 0 Å². The second-order valence-electron chi connectivity index (χ2n) is 4.28. The summed E-state index contributed by atoms with van der Waals surface area (Å²) < 4.78 is 17.4. The average Bonchev–Trinajstić information content (AvgIpc) is 2.49. The fourth-order valence-corrected chi connectivity index (χ4v) is 2.55. The molecule has 0 aliphatic rings. The zero-order valence-corrected chi connectivity index (χ0v) is 14.0. The molecule has 0 N–H and O–H groups in total. The molecule has 0 saturated carbocycles. The van der Waals surface area contributed by atoms with Crippen molar-refractivity contribution in [3.63, 3.8) is 0 Å². The number of halogens is 2. The maximum atomic E-state index is 5.88. The molecule has 21 heavy (non-hydrogen) atoms. The topological polar surface area (TPSA) is 27.7 Å². The number of ether oxygens (including phenoxy) is 3. The van der Waals surface area contributed by atoms with Crippen molar-refractivity contribution in [3.05, 3.63) is 52.0 Å². The molecule has 5 heteroatoms. The fraction of sp³-hybridized carbons (Fsp3) is 0.250. The third kappa shape index (κ3) is 4.83. The van der Waals surface area contributed by atoms with E-state index in [1.165, 1.54) is 0 Å². The van der Waals surface area contributed by atoms with Gasteiger partial charge in [0.2, 0.25) is 0 Å². The van der Waals surface area contributed by atoms with Gasteiger partial charge in [-0.1, -0.05) is 23.7 Å². The van der Waals surface area contributed by atoms with Crippen LogP contribution >= 0.6 is 27.5 Å². The van der Waals surface area contributed by atoms with Crippen LogP contribution in [0, 0.1) is 0 Å². The number of benzene rings is 2. The van der Waals surface area contributed by atoms with Crippen molar-refractivity contribution >= 4 is 27.5 Å². The van der Waals surface area contributed by atoms with Gasteiger partial charge in [-0.2, -0.15) is 0 Å². The molecule has 0 radical (unpaired) electrons. The SMILES string of the molecule is COc1ccccc1OCCCOc1ccc(Cl)cc1Br. The monoisotopic (exact) mass is 370 g/mol. The van der Waals surface area contributed by atoms with Crippen LogP contribution in [-0.2, 0) is 0 Å². The van der Waals surface area contributed by atoms with Crippen LogP contribution in [0.5, 0.6) is 17.2 Å². The Labute approximate surface area is 137 Å². The van der Waals surface area contributed by atoms with E-state index in [1.807, 2.05) is 36.4 Å². The lowest BCUT2D eigenvalue weighted by Gasteiger charge is -2.11. The zero-order chi connectivity index (χ0) is 15.1. The van der Waals surface area contributed by atoms with E-state index >= 15 is 0 Å². The first kappa shape index (κ1) is 16.0. The van der Waals surface area contributed by atoms with E-state index in [2.05, 4.69) is 15.9 Å². The van der Waals surface area contributed by atoms with Crippen molar-refractivity contribution < 1.29 is 14.2 Å². The van der Waals surface area contributed by atoms with Crippen LogP contribution in [0.15, 0.2) is 46.9 Å². The molecule has 2 aromatic carbocycles. The van der Waals surface area contributed by atoms with E-state index in [-0.39, 0.29) is 0 Å². The van der Waals surface area contributed by atoms with Crippen molar-refractivity contribution in [1.29, 1.82) is 0 Å². The molecule has 0 aromatic heterocycles. The lowest BCUT2D eigenvalue weighted by Crippen LogP contribution is -2.05. The molecule has 0 aliphatic heterocycles. The van der Waals surface area contributed by atoms with Gasteiger partial charge in [0.1, 0.15) is 5.75 Å². The zero-order valence-electron chi connectivity index (χ0n) is 11.6. The van der Waals surface area contributed by atoms with Gasteiger partial charge in [-0.15, -0.1) is 0 Å². The maximum absolute atomic E-state index is 5.88. The number of hydrogen-bond donors (Lipinski definition) is 0. The van der Waals surface area contributed by atoms with Crippen molar-refractivity contribution in [1.82, 2.24) is 0 Å². The maximum Gasteiger partial charge on any atom is 0.161 e. The van der Waals surface area contributed by atoms with Crippen LogP contribution in [0.25, 0.3) is 0 Å². The van der Waals surface area contributed by atoms with E-state index in [9.17, 15) is 0 Å². The molecule has 0 spiro atoms. The van der Waals surface area contributed by atoms with Crippen LogP contribution in [0.1, 0.15) is 6.42 Å². The molecule has 0 atom stereocenters. The summed E-state index contributed by atoms with van der Waals surface area (Å²) in [4.78, 5) is 0. The molecule has 3 nitrogen and oxygen atoms in total. The molecule has 0 heterocycles. The van der Waals surface area contributed by atoms with Gasteiger partial charge in [-0.25, -0.2) is 0 Å². The summed E-state index contributed by atoms with van der Waals surface area (Å²) >= 11 is 9.29. The van der Waals surface area contributed by atoms with Gasteiger partial charge >= 0.3 is 0 Å². The molecule has 0 unspecified atom stereocenters. The highest BCUT2D eigenvalue weighted by Gasteiger charge is 2.03. The van der Waals surface area contributed by atoms with E-state index in [4.69, 9.17) is 25.8 Å². The lowest BCUT2D eigenvalue weighted by molar-refractivity contribution is 0.240. The Kier molecular flexibility index (Phi) is 6.21. The summed E-state index contributed by atoms with van der Waals surface area (Å²) in [6.45, 7) is 1.13. The molecule has 2 aromatic rings. The van der Waals surface area contributed by atoms with Gasteiger partial charge in [-0.05, 0) is 46.3 Å². The first-order valence-electron chi connectivity index (χ1n) is 6.54. The van der Waals surface area contributed by atoms with Crippen LogP contribution in [0.4, 0.5) is 0 Å². The normalized spacial score (nSPS) is 10.2. The Bertz CT molecular complexity index is 589. The highest BCUT2D eigenvalue weighted by Crippen LogP contribution is 2.28. The Balaban J connectivity index is 1.75. The standard InChI is InChI=1S/C16H16BrClO3/c1-19-15-5-2-3-6-16(15)21-10-4-9-20-14-8-7-12(18)11-13(14)17/h2-3,5-8,11H,4,9-10H2,1H3. The Morgan fingerprint density at radius 2 is 1.62 bits per heavy atom. The van der Waals surface area contributed by atoms with Crippen LogP contribution < -0.4 is 14.2 Å². The summed E-state index contributed by atoms with van der Waals surface area (Å²) in [6.07, 6.45) is 0.771. The molecule has 0 bridgehead atoms. The molecule has 0 saturated heterocycles. The summed E-state index contributed by atoms with van der Waals surface area (Å²) in [5.74, 6) is 2.25. The quantitative estimate of drug-likeness (QED) is 0.644. The molecular weight excluding hydrogens is 356 g/mol. The number of rotatable bonds is 7. The minimum atomic E-state index is 0.561. The number of para-hydroxylation sites is 2. The lowest BCUT2D eigenvalue weighted by atomic mass is 10.3. The van der Waals surface area contributed by atoms with Crippen LogP contribution in [-0.4, -0.2) is 20.3 Å². The van der Waals surface area contributed by atoms with Gasteiger partial charge in [0.05, 0.1) is 24.8 Å². The Hall–Kier alpha value is -1.39. The number of methoxy groups -OCH3 is 1. The molecule has 112 valence electrons. The van der Waals surface area contributed by atoms with Crippen molar-refractivity contribution in [2.45, 2.75) is 6.42 Å². The van der Waals surface area contributed by atoms with Gasteiger partial charge in [0.25, 0.3) is 0 Å². The van der Waals surface area contributed by atoms with Gasteiger partial charge in [0, 0.05) is 11.4 Å². The Morgan fingerprint density at radius 1 is 0.952 bits per heavy atom. The van der Waals surface area contributed by atoms with Crippen LogP contribution in [0.3, 0.4) is 0 Å². The number of hydrogen-bond acceptors (Lipinski definition) is 3. The third-order valence-corrected chi connectivity index (χ3v) is 3.62. The van der Waals surface area contributed by atoms with E-state index < -0.39 is 0 Å². The fourth-order valence-electron chi connectivity index (χ4n) is 1.75. The van der Waals surface area contributed by atoms with Gasteiger partial charge in [-0.3, -0.25) is 0 Å². The highest BCUT2D eigenvalue weighted by atomic mass is 79.9. The van der Waals surface area contributed by atoms with E-state index in [0.29, 0.717) is 18.2 Å². The summed E-state index contributed by atoms with van der Waals surface area (Å²) in [5, 5.41) is 0.675. The third-order valence-electron chi connectivity index (χ3n) is 2.77. The van der Waals surface area contributed by atoms with Gasteiger partial charge in [0.15, 0.2) is 11.5 Å². The minimum absolute atomic E-state index is 0.561. The second kappa shape index (κ2) is 8.15. The van der Waals surface area contributed by atoms with E-state index in [0.717, 1.165) is 28.1 Å². The predicted molar refractivity (Wildman–Crippen MR) is 87.8 cm³/mol. The molecule has 0 aliphatic carbocycles. The minimum Gasteiger partial charge on any atom is -0.493 e. The average molecular weight is 372 g/mol. The first-order valence-corrected chi connectivity index (χ1v) is 7.71. The predicted octanol–water partition coefficient (Wildman–Crippen LogP) is 4.96. The summed E-state index contributed by atoms with van der Waals surface area (Å²) in [7, 11) is 1.63. The Morgan fingerprint density at radius 3 is 2.29 bits per heavy atom. The summed E-state index contributed by atoms with van der Waals surface area (Å²) in [5.41, 5.74) is 0. The van der Waals surface area contributed by atoms with E-state index in [1.54, 1.807) is 13.2 Å². The molecular formula is C16H16BrClO3. The molecule has 2 rings (SSSR count). The molecule has 0 fully saturated rings. The molecule has 0 amide bonds. The van der Waals surface area contributed by atoms with Crippen molar-refractivity contribution in [3.8, 4) is 17.2 Å². The highest BCUT2D eigenvalue weighted by molar-refractivity contribution is 9.10. The summed E-state index contributed by atoms with van der Waals surface area (Å²) in [6, 6.07) is 13.0. The second-order valence-corrected chi connectivity index (χ2v) is 5.57. The van der Waals surface area contributed by atoms with Crippen molar-refractivity contribution in [2.75, 3.05) is 20.3 Å². The van der Waals surface area contributed by atoms with Gasteiger partial charge < -0.3 is 14.2 Å². The first-order chi connectivity index (χ1) is 10.2.